The molecule has 4 saturated heterocycles. The highest BCUT2D eigenvalue weighted by molar-refractivity contribution is 7.71. The fraction of sp³-hybridized carbons (Fsp3) is 0.415. The number of hydrogen-bond acceptors (Lipinski definition) is 16. The summed E-state index contributed by atoms with van der Waals surface area (Å²) in [6.45, 7) is 8.79. The summed E-state index contributed by atoms with van der Waals surface area (Å²) in [5.74, 6) is -2.81. The van der Waals surface area contributed by atoms with Gasteiger partial charge in [-0.2, -0.15) is 10.1 Å². The molecule has 76 heavy (non-hydrogen) atoms. The van der Waals surface area contributed by atoms with E-state index in [0.29, 0.717) is 57.8 Å². The Hall–Kier alpha value is -7.09. The van der Waals surface area contributed by atoms with Gasteiger partial charge in [-0.15, -0.1) is 0 Å². The Morgan fingerprint density at radius 3 is 2.24 bits per heavy atom. The van der Waals surface area contributed by atoms with Crippen molar-refractivity contribution in [3.05, 3.63) is 89.1 Å². The van der Waals surface area contributed by atoms with E-state index >= 15 is 8.78 Å². The molecule has 5 aliphatic heterocycles. The first-order valence-electron chi connectivity index (χ1n) is 25.5. The molecule has 4 fully saturated rings. The topological polar surface area (TPSA) is 213 Å². The van der Waals surface area contributed by atoms with Crippen molar-refractivity contribution in [2.75, 3.05) is 86.7 Å². The molecule has 0 radical (unpaired) electrons. The molecular weight excluding hydrogens is 1020 g/mol. The lowest BCUT2D eigenvalue weighted by Crippen LogP contribution is -2.54. The predicted molar refractivity (Wildman–Crippen MR) is 285 cm³/mol. The first-order valence-corrected chi connectivity index (χ1v) is 28.5. The number of hydrogen-bond donors (Lipinski definition) is 3. The zero-order chi connectivity index (χ0) is 53.2. The Balaban J connectivity index is 0.734. The van der Waals surface area contributed by atoms with Gasteiger partial charge < -0.3 is 34.6 Å². The fourth-order valence-corrected chi connectivity index (χ4v) is 13.3. The third-order valence-electron chi connectivity index (χ3n) is 15.9. The van der Waals surface area contributed by atoms with Crippen molar-refractivity contribution in [1.82, 2.24) is 44.8 Å². The van der Waals surface area contributed by atoms with Gasteiger partial charge in [0.05, 0.1) is 58.5 Å². The number of piperidine rings is 4. The van der Waals surface area contributed by atoms with E-state index < -0.39 is 48.4 Å². The summed E-state index contributed by atoms with van der Waals surface area (Å²) in [6.07, 6.45) is 13.6. The molecule has 3 N–H and O–H groups in total. The van der Waals surface area contributed by atoms with Gasteiger partial charge in [0, 0.05) is 82.0 Å². The molecule has 3 aromatic heterocycles. The number of carbonyl (C=O) groups excluding carboxylic acids is 4. The number of fused-ring (bicyclic) bond motifs is 2. The van der Waals surface area contributed by atoms with E-state index in [1.54, 1.807) is 62.0 Å². The van der Waals surface area contributed by atoms with Crippen molar-refractivity contribution >= 4 is 93.2 Å². The Kier molecular flexibility index (Phi) is 13.5. The molecule has 1 spiro atoms. The molecule has 396 valence electrons. The second kappa shape index (κ2) is 20.1. The normalized spacial score (nSPS) is 19.4. The maximum absolute atomic E-state index is 17.4. The number of aryl methyl sites for hydroxylation is 1. The van der Waals surface area contributed by atoms with Crippen LogP contribution in [0.15, 0.2) is 61.3 Å². The number of ether oxygens (including phenoxy) is 1. The molecule has 0 bridgehead atoms. The van der Waals surface area contributed by atoms with Gasteiger partial charge in [-0.05, 0) is 107 Å². The number of aromatic nitrogens is 6. The molecule has 3 aromatic carbocycles. The lowest BCUT2D eigenvalue weighted by Gasteiger charge is -2.48. The van der Waals surface area contributed by atoms with Gasteiger partial charge in [-0.1, -0.05) is 11.6 Å². The quantitative estimate of drug-likeness (QED) is 0.0800. The van der Waals surface area contributed by atoms with Crippen LogP contribution >= 0.6 is 18.7 Å². The smallest absolute Gasteiger partial charge is 0.262 e. The molecule has 8 heterocycles. The fourth-order valence-electron chi connectivity index (χ4n) is 11.8. The van der Waals surface area contributed by atoms with Crippen LogP contribution in [0.2, 0.25) is 5.02 Å². The van der Waals surface area contributed by atoms with E-state index in [9.17, 15) is 23.7 Å². The molecule has 1 atom stereocenters. The minimum absolute atomic E-state index is 0.00519. The molecule has 5 aliphatic rings. The summed E-state index contributed by atoms with van der Waals surface area (Å²) in [6, 6.07) is 6.81. The van der Waals surface area contributed by atoms with Crippen LogP contribution in [0.25, 0.3) is 22.2 Å². The number of amides is 4. The van der Waals surface area contributed by atoms with Crippen molar-refractivity contribution in [3.8, 4) is 16.9 Å². The predicted octanol–water partition coefficient (Wildman–Crippen LogP) is 7.50. The number of anilines is 6. The van der Waals surface area contributed by atoms with Crippen LogP contribution in [0, 0.1) is 23.0 Å². The van der Waals surface area contributed by atoms with E-state index in [1.807, 2.05) is 11.0 Å². The van der Waals surface area contributed by atoms with Gasteiger partial charge in [0.25, 0.3) is 11.8 Å². The third-order valence-corrected chi connectivity index (χ3v) is 17.7. The van der Waals surface area contributed by atoms with Crippen LogP contribution in [0.3, 0.4) is 0 Å². The van der Waals surface area contributed by atoms with Crippen molar-refractivity contribution < 1.29 is 37.3 Å². The van der Waals surface area contributed by atoms with Crippen LogP contribution in [0.1, 0.15) is 72.1 Å². The summed E-state index contributed by atoms with van der Waals surface area (Å²) in [4.78, 5) is 76.4. The number of nitrogens with one attached hydrogen (secondary N) is 3. The molecule has 0 aliphatic carbocycles. The number of imide groups is 2. The monoisotopic (exact) mass is 1080 g/mol. The van der Waals surface area contributed by atoms with E-state index in [1.165, 1.54) is 19.4 Å². The Morgan fingerprint density at radius 2 is 1.55 bits per heavy atom. The van der Waals surface area contributed by atoms with Gasteiger partial charge >= 0.3 is 0 Å². The summed E-state index contributed by atoms with van der Waals surface area (Å²) >= 11 is 6.64. The van der Waals surface area contributed by atoms with Crippen molar-refractivity contribution in [2.45, 2.75) is 57.4 Å². The molecular formula is C53H57ClF2N13O6P. The van der Waals surface area contributed by atoms with Gasteiger partial charge in [0.2, 0.25) is 17.8 Å². The average molecular weight is 1080 g/mol. The highest BCUT2D eigenvalue weighted by Gasteiger charge is 2.46. The van der Waals surface area contributed by atoms with Crippen LogP contribution in [0.5, 0.6) is 5.75 Å². The SMILES string of the molecule is COc1cc(N2CCC3(CCN(CC4CCN(c5cc6c(cc5F)C(=O)N(C5CCC(=O)NC5=O)C6=O)CC4)CC3)CC2)c(-c2cnn(C)c2)c(F)c1Nc1ncc(Cl)c(Nc2ccc3nccnc3c2P(C)(C)=O)n1. The van der Waals surface area contributed by atoms with Crippen LogP contribution in [-0.2, 0) is 21.2 Å². The molecule has 1 unspecified atom stereocenters. The Morgan fingerprint density at radius 1 is 0.855 bits per heavy atom. The van der Waals surface area contributed by atoms with Crippen molar-refractivity contribution in [2.24, 2.45) is 18.4 Å². The minimum Gasteiger partial charge on any atom is -0.494 e. The largest absolute Gasteiger partial charge is 0.494 e. The lowest BCUT2D eigenvalue weighted by atomic mass is 9.71. The van der Waals surface area contributed by atoms with E-state index in [4.69, 9.17) is 16.3 Å². The Bertz CT molecular complexity index is 3380. The van der Waals surface area contributed by atoms with Crippen molar-refractivity contribution in [3.63, 3.8) is 0 Å². The highest BCUT2D eigenvalue weighted by Crippen LogP contribution is 2.48. The van der Waals surface area contributed by atoms with Gasteiger partial charge in [-0.3, -0.25) is 44.0 Å². The van der Waals surface area contributed by atoms with Crippen molar-refractivity contribution in [1.29, 1.82) is 0 Å². The van der Waals surface area contributed by atoms with Gasteiger partial charge in [-0.25, -0.2) is 13.8 Å². The Labute approximate surface area is 442 Å². The third kappa shape index (κ3) is 9.61. The van der Waals surface area contributed by atoms with E-state index in [0.717, 1.165) is 82.2 Å². The highest BCUT2D eigenvalue weighted by atomic mass is 35.5. The minimum atomic E-state index is -2.91. The summed E-state index contributed by atoms with van der Waals surface area (Å²) in [5.41, 5.74) is 3.67. The number of rotatable bonds is 12. The standard InChI is InChI=1S/C53H57ClF2N13O6P/c1-65-29-31(26-60-65)43-40(25-41(75-2)46(44(43)56)63-52-59-27-34(54)48(64-52)61-37-6-5-36-45(58-16-15-57-36)47(37)76(3,4)74)68-21-13-53(14-22-68)11-19-66(20-12-53)28-30-9-17-67(18-10-30)39-24-33-32(23-35(39)55)50(72)69(51(33)73)38-7-8-42(70)62-49(38)71/h5-6,15-16,23-27,29-30,38H,7-14,17-22,28H2,1-4H3,(H,62,70,71)(H2,59,61,63,64). The van der Waals surface area contributed by atoms with Gasteiger partial charge in [0.15, 0.2) is 11.6 Å². The number of benzene rings is 3. The first-order chi connectivity index (χ1) is 36.5. The van der Waals surface area contributed by atoms with Crippen LogP contribution in [0.4, 0.5) is 43.3 Å². The number of nitrogens with zero attached hydrogens (tertiary/aromatic N) is 10. The number of carbonyl (C=O) groups is 4. The molecule has 6 aromatic rings. The van der Waals surface area contributed by atoms with E-state index in [2.05, 4.69) is 50.8 Å². The lowest BCUT2D eigenvalue weighted by molar-refractivity contribution is -0.136. The second-order valence-electron chi connectivity index (χ2n) is 21.0. The second-order valence-corrected chi connectivity index (χ2v) is 24.5. The molecule has 0 saturated carbocycles. The molecule has 4 amide bonds. The zero-order valence-corrected chi connectivity index (χ0v) is 44.2. The number of likely N-dealkylation sites (tertiary alicyclic amines) is 1. The number of halogens is 3. The van der Waals surface area contributed by atoms with Crippen LogP contribution in [-0.4, -0.2) is 135 Å². The first kappa shape index (κ1) is 51.0. The maximum Gasteiger partial charge on any atom is 0.262 e. The zero-order valence-electron chi connectivity index (χ0n) is 42.5. The summed E-state index contributed by atoms with van der Waals surface area (Å²) < 4.78 is 54.2. The maximum atomic E-state index is 17.4. The van der Waals surface area contributed by atoms with E-state index in [-0.39, 0.29) is 63.3 Å². The molecule has 23 heteroatoms. The van der Waals surface area contributed by atoms with Gasteiger partial charge in [0.1, 0.15) is 41.0 Å². The summed E-state index contributed by atoms with van der Waals surface area (Å²) in [7, 11) is 0.375. The van der Waals surface area contributed by atoms with Crippen LogP contribution < -0.4 is 35.8 Å². The summed E-state index contributed by atoms with van der Waals surface area (Å²) in [5, 5.41) is 13.6. The molecule has 11 rings (SSSR count). The average Bonchev–Trinajstić information content (AvgIpc) is 3.94. The number of methoxy groups -OCH3 is 1. The molecule has 19 nitrogen and oxygen atoms in total.